The summed E-state index contributed by atoms with van der Waals surface area (Å²) in [7, 11) is 1.58. The molecule has 0 saturated heterocycles. The number of rotatable bonds is 4. The highest BCUT2D eigenvalue weighted by molar-refractivity contribution is 6.32. The molecule has 1 aliphatic rings. The van der Waals surface area contributed by atoms with Crippen molar-refractivity contribution < 1.29 is 9.47 Å². The fourth-order valence-electron chi connectivity index (χ4n) is 3.11. The molecule has 0 spiro atoms. The Morgan fingerprint density at radius 1 is 1.31 bits per heavy atom. The van der Waals surface area contributed by atoms with Gasteiger partial charge in [0.1, 0.15) is 0 Å². The second kappa shape index (κ2) is 6.42. The third-order valence-electron chi connectivity index (χ3n) is 4.18. The van der Waals surface area contributed by atoms with E-state index >= 15 is 0 Å². The Bertz CT molecular complexity index is 1010. The summed E-state index contributed by atoms with van der Waals surface area (Å²) in [6.45, 7) is 2.38. The number of hydrogen-bond donors (Lipinski definition) is 2. The molecule has 7 nitrogen and oxygen atoms in total. The highest BCUT2D eigenvalue weighted by atomic mass is 35.5. The number of hydrogen-bond acceptors (Lipinski definition) is 6. The second-order valence-corrected chi connectivity index (χ2v) is 6.18. The Hall–Kier alpha value is -2.93. The Morgan fingerprint density at radius 2 is 2.12 bits per heavy atom. The Balaban J connectivity index is 1.90. The van der Waals surface area contributed by atoms with E-state index in [4.69, 9.17) is 26.8 Å². The standard InChI is InChI=1S/C18H18ClN5O2/c1-3-26-15-11(19)8-10(9-14(15)25-2)16-22-17(20)23-18-21-12-6-4-5-7-13(12)24(16)18/h4-9,16H,3H2,1-2H3,(H3,20,21,22,23)/t16-/m0/s1. The Kier molecular flexibility index (Phi) is 4.08. The van der Waals surface area contributed by atoms with Crippen LogP contribution in [0, 0.1) is 0 Å². The molecule has 0 amide bonds. The van der Waals surface area contributed by atoms with Crippen LogP contribution in [0.25, 0.3) is 11.0 Å². The minimum Gasteiger partial charge on any atom is -0.493 e. The zero-order chi connectivity index (χ0) is 18.3. The molecule has 0 bridgehead atoms. The number of imidazole rings is 1. The smallest absolute Gasteiger partial charge is 0.212 e. The van der Waals surface area contributed by atoms with E-state index in [9.17, 15) is 0 Å². The van der Waals surface area contributed by atoms with Gasteiger partial charge in [-0.05, 0) is 31.2 Å². The third-order valence-corrected chi connectivity index (χ3v) is 4.46. The third kappa shape index (κ3) is 2.61. The first kappa shape index (κ1) is 16.5. The van der Waals surface area contributed by atoms with Crippen molar-refractivity contribution in [3.63, 3.8) is 0 Å². The van der Waals surface area contributed by atoms with E-state index in [1.54, 1.807) is 7.11 Å². The van der Waals surface area contributed by atoms with E-state index in [-0.39, 0.29) is 0 Å². The van der Waals surface area contributed by atoms with Crippen LogP contribution >= 0.6 is 11.6 Å². The van der Waals surface area contributed by atoms with E-state index in [0.717, 1.165) is 16.6 Å². The molecule has 0 unspecified atom stereocenters. The molecule has 2 heterocycles. The fourth-order valence-corrected chi connectivity index (χ4v) is 3.39. The van der Waals surface area contributed by atoms with Crippen LogP contribution < -0.4 is 20.5 Å². The first-order valence-corrected chi connectivity index (χ1v) is 8.57. The SMILES string of the molecule is CCOc1c(Cl)cc([C@H]2N=C(N)Nc3nc4ccccc4n32)cc1OC. The zero-order valence-electron chi connectivity index (χ0n) is 14.4. The number of nitrogens with zero attached hydrogens (tertiary/aromatic N) is 3. The van der Waals surface area contributed by atoms with Crippen molar-refractivity contribution in [1.82, 2.24) is 9.55 Å². The van der Waals surface area contributed by atoms with Gasteiger partial charge in [-0.3, -0.25) is 9.88 Å². The predicted octanol–water partition coefficient (Wildman–Crippen LogP) is 3.38. The van der Waals surface area contributed by atoms with E-state index in [0.29, 0.717) is 35.0 Å². The summed E-state index contributed by atoms with van der Waals surface area (Å²) in [6, 6.07) is 11.5. The number of aliphatic imine (C=N–C) groups is 1. The predicted molar refractivity (Wildman–Crippen MR) is 102 cm³/mol. The van der Waals surface area contributed by atoms with Gasteiger partial charge in [-0.25, -0.2) is 9.98 Å². The lowest BCUT2D eigenvalue weighted by Gasteiger charge is -2.24. The van der Waals surface area contributed by atoms with Crippen molar-refractivity contribution in [2.45, 2.75) is 13.1 Å². The maximum absolute atomic E-state index is 6.44. The van der Waals surface area contributed by atoms with Crippen LogP contribution in [0.1, 0.15) is 18.7 Å². The average Bonchev–Trinajstić information content (AvgIpc) is 3.00. The molecule has 1 aliphatic heterocycles. The Labute approximate surface area is 155 Å². The van der Waals surface area contributed by atoms with Gasteiger partial charge < -0.3 is 15.2 Å². The molecule has 134 valence electrons. The number of fused-ring (bicyclic) bond motifs is 3. The number of benzene rings is 2. The summed E-state index contributed by atoms with van der Waals surface area (Å²) in [5.41, 5.74) is 8.61. The first-order chi connectivity index (χ1) is 12.6. The molecule has 3 aromatic rings. The number of nitrogens with one attached hydrogen (secondary N) is 1. The summed E-state index contributed by atoms with van der Waals surface area (Å²) in [5, 5.41) is 3.47. The van der Waals surface area contributed by atoms with Crippen molar-refractivity contribution in [2.75, 3.05) is 19.0 Å². The maximum Gasteiger partial charge on any atom is 0.212 e. The van der Waals surface area contributed by atoms with Crippen molar-refractivity contribution in [3.05, 3.63) is 47.0 Å². The summed E-state index contributed by atoms with van der Waals surface area (Å²) in [4.78, 5) is 9.15. The Morgan fingerprint density at radius 3 is 2.88 bits per heavy atom. The number of ether oxygens (including phenoxy) is 2. The van der Waals surface area contributed by atoms with Gasteiger partial charge >= 0.3 is 0 Å². The van der Waals surface area contributed by atoms with Gasteiger partial charge in [0.05, 0.1) is 29.8 Å². The monoisotopic (exact) mass is 371 g/mol. The highest BCUT2D eigenvalue weighted by Gasteiger charge is 2.26. The quantitative estimate of drug-likeness (QED) is 0.734. The fraction of sp³-hybridized carbons (Fsp3) is 0.222. The molecule has 8 heteroatoms. The molecule has 0 saturated carbocycles. The lowest BCUT2D eigenvalue weighted by molar-refractivity contribution is 0.310. The van der Waals surface area contributed by atoms with E-state index in [1.165, 1.54) is 0 Å². The number of guanidine groups is 1. The summed E-state index contributed by atoms with van der Waals surface area (Å²) >= 11 is 6.44. The van der Waals surface area contributed by atoms with Crippen molar-refractivity contribution in [3.8, 4) is 11.5 Å². The molecule has 0 aliphatic carbocycles. The number of aromatic nitrogens is 2. The van der Waals surface area contributed by atoms with Crippen LogP contribution in [-0.4, -0.2) is 29.2 Å². The number of para-hydroxylation sites is 2. The van der Waals surface area contributed by atoms with Gasteiger partial charge in [0.2, 0.25) is 5.95 Å². The van der Waals surface area contributed by atoms with Crippen LogP contribution in [0.5, 0.6) is 11.5 Å². The van der Waals surface area contributed by atoms with E-state index in [1.807, 2.05) is 47.9 Å². The number of anilines is 1. The lowest BCUT2D eigenvalue weighted by atomic mass is 10.1. The molecule has 0 fully saturated rings. The molecular formula is C18H18ClN5O2. The number of nitrogens with two attached hydrogens (primary N) is 1. The average molecular weight is 372 g/mol. The highest BCUT2D eigenvalue weighted by Crippen LogP contribution is 2.41. The van der Waals surface area contributed by atoms with Crippen LogP contribution in [0.3, 0.4) is 0 Å². The topological polar surface area (TPSA) is 86.7 Å². The minimum absolute atomic E-state index is 0.293. The van der Waals surface area contributed by atoms with Gasteiger partial charge in [0, 0.05) is 5.56 Å². The molecular weight excluding hydrogens is 354 g/mol. The van der Waals surface area contributed by atoms with Gasteiger partial charge in [0.25, 0.3) is 0 Å². The van der Waals surface area contributed by atoms with Gasteiger partial charge in [0.15, 0.2) is 23.6 Å². The summed E-state index contributed by atoms with van der Waals surface area (Å²) < 4.78 is 13.0. The lowest BCUT2D eigenvalue weighted by Crippen LogP contribution is -2.31. The summed E-state index contributed by atoms with van der Waals surface area (Å²) in [6.07, 6.45) is -0.416. The van der Waals surface area contributed by atoms with Crippen LogP contribution in [-0.2, 0) is 0 Å². The van der Waals surface area contributed by atoms with E-state index in [2.05, 4.69) is 15.3 Å². The van der Waals surface area contributed by atoms with Crippen LogP contribution in [0.15, 0.2) is 41.4 Å². The first-order valence-electron chi connectivity index (χ1n) is 8.20. The van der Waals surface area contributed by atoms with Crippen LogP contribution in [0.2, 0.25) is 5.02 Å². The zero-order valence-corrected chi connectivity index (χ0v) is 15.1. The second-order valence-electron chi connectivity index (χ2n) is 5.77. The van der Waals surface area contributed by atoms with Gasteiger partial charge in [-0.2, -0.15) is 0 Å². The number of halogens is 1. The van der Waals surface area contributed by atoms with Crippen molar-refractivity contribution in [2.24, 2.45) is 10.7 Å². The van der Waals surface area contributed by atoms with Gasteiger partial charge in [-0.15, -0.1) is 0 Å². The molecule has 4 rings (SSSR count). The molecule has 3 N–H and O–H groups in total. The molecule has 1 atom stereocenters. The summed E-state index contributed by atoms with van der Waals surface area (Å²) in [5.74, 6) is 1.99. The molecule has 0 radical (unpaired) electrons. The van der Waals surface area contributed by atoms with Gasteiger partial charge in [-0.1, -0.05) is 23.7 Å². The number of methoxy groups -OCH3 is 1. The molecule has 2 aromatic carbocycles. The largest absolute Gasteiger partial charge is 0.493 e. The molecule has 26 heavy (non-hydrogen) atoms. The normalized spacial score (nSPS) is 16.0. The van der Waals surface area contributed by atoms with E-state index < -0.39 is 6.17 Å². The minimum atomic E-state index is -0.416. The van der Waals surface area contributed by atoms with Crippen LogP contribution in [0.4, 0.5) is 5.95 Å². The van der Waals surface area contributed by atoms with Crippen molar-refractivity contribution >= 4 is 34.5 Å². The molecule has 1 aromatic heterocycles. The maximum atomic E-state index is 6.44. The van der Waals surface area contributed by atoms with Crippen molar-refractivity contribution in [1.29, 1.82) is 0 Å².